The van der Waals surface area contributed by atoms with Crippen LogP contribution in [-0.2, 0) is 4.79 Å². The fourth-order valence-electron chi connectivity index (χ4n) is 3.91. The molecule has 0 saturated heterocycles. The summed E-state index contributed by atoms with van der Waals surface area (Å²) in [5.41, 5.74) is 1.75. The maximum absolute atomic E-state index is 14.8. The van der Waals surface area contributed by atoms with Crippen LogP contribution < -0.4 is 20.4 Å². The first-order chi connectivity index (χ1) is 17.7. The molecular weight excluding hydrogens is 480 g/mol. The highest BCUT2D eigenvalue weighted by molar-refractivity contribution is 6.02. The van der Waals surface area contributed by atoms with E-state index in [-0.39, 0.29) is 23.4 Å². The third kappa shape index (κ3) is 6.00. The van der Waals surface area contributed by atoms with Gasteiger partial charge < -0.3 is 25.3 Å². The average Bonchev–Trinajstić information content (AvgIpc) is 2.96. The standard InChI is InChI=1S/C26H29F2N7O2/c1-33(2)15-7-14-29-23(36)18-10-12-19(13-11-18)31-25-30-16-21-22(32-25)35(20-8-5-4-6-9-20)17-26(27,28)24(37)34(21)3/h4-6,8-13,16H,7,14-15,17H2,1-3H3,(H,29,36)(H,30,31,32). The van der Waals surface area contributed by atoms with E-state index < -0.39 is 18.4 Å². The van der Waals surface area contributed by atoms with Gasteiger partial charge in [0, 0.05) is 30.5 Å². The van der Waals surface area contributed by atoms with E-state index in [0.29, 0.717) is 23.5 Å². The van der Waals surface area contributed by atoms with E-state index in [2.05, 4.69) is 25.5 Å². The molecule has 2 heterocycles. The first kappa shape index (κ1) is 26.0. The second kappa shape index (κ2) is 10.9. The summed E-state index contributed by atoms with van der Waals surface area (Å²) in [6, 6.07) is 15.4. The number of hydrogen-bond acceptors (Lipinski definition) is 7. The van der Waals surface area contributed by atoms with E-state index in [1.165, 1.54) is 18.1 Å². The zero-order valence-corrected chi connectivity index (χ0v) is 20.9. The van der Waals surface area contributed by atoms with E-state index in [4.69, 9.17) is 0 Å². The molecule has 37 heavy (non-hydrogen) atoms. The molecule has 0 saturated carbocycles. The molecule has 0 unspecified atom stereocenters. The number of rotatable bonds is 8. The number of carbonyl (C=O) groups is 2. The minimum atomic E-state index is -3.62. The van der Waals surface area contributed by atoms with Crippen molar-refractivity contribution in [1.82, 2.24) is 20.2 Å². The van der Waals surface area contributed by atoms with Gasteiger partial charge in [-0.1, -0.05) is 18.2 Å². The van der Waals surface area contributed by atoms with Gasteiger partial charge in [0.25, 0.3) is 11.8 Å². The van der Waals surface area contributed by atoms with Gasteiger partial charge in [-0.15, -0.1) is 0 Å². The number of nitrogens with zero attached hydrogens (tertiary/aromatic N) is 5. The Morgan fingerprint density at radius 1 is 1.11 bits per heavy atom. The summed E-state index contributed by atoms with van der Waals surface area (Å²) in [6.07, 6.45) is 2.19. The lowest BCUT2D eigenvalue weighted by Gasteiger charge is -2.25. The predicted octanol–water partition coefficient (Wildman–Crippen LogP) is 3.65. The van der Waals surface area contributed by atoms with Gasteiger partial charge in [-0.3, -0.25) is 9.59 Å². The van der Waals surface area contributed by atoms with Gasteiger partial charge in [0.1, 0.15) is 5.69 Å². The molecular formula is C26H29F2N7O2. The molecule has 0 radical (unpaired) electrons. The number of alkyl halides is 2. The molecule has 3 aromatic rings. The Kier molecular flexibility index (Phi) is 7.63. The van der Waals surface area contributed by atoms with Crippen LogP contribution in [0, 0.1) is 0 Å². The number of para-hydroxylation sites is 1. The highest BCUT2D eigenvalue weighted by atomic mass is 19.3. The van der Waals surface area contributed by atoms with E-state index >= 15 is 0 Å². The Morgan fingerprint density at radius 3 is 2.49 bits per heavy atom. The lowest BCUT2D eigenvalue weighted by molar-refractivity contribution is -0.140. The maximum atomic E-state index is 14.8. The second-order valence-corrected chi connectivity index (χ2v) is 9.01. The smallest absolute Gasteiger partial charge is 0.342 e. The van der Waals surface area contributed by atoms with Gasteiger partial charge in [0.05, 0.1) is 12.7 Å². The monoisotopic (exact) mass is 509 g/mol. The Bertz CT molecular complexity index is 1250. The average molecular weight is 510 g/mol. The van der Waals surface area contributed by atoms with Gasteiger partial charge in [-0.05, 0) is 63.5 Å². The SMILES string of the molecule is CN(C)CCCNC(=O)c1ccc(Nc2ncc3c(n2)N(c2ccccc2)CC(F)(F)C(=O)N3C)cc1. The predicted molar refractivity (Wildman–Crippen MR) is 139 cm³/mol. The summed E-state index contributed by atoms with van der Waals surface area (Å²) in [6.45, 7) is 0.600. The molecule has 9 nitrogen and oxygen atoms in total. The molecule has 2 aromatic carbocycles. The van der Waals surface area contributed by atoms with Gasteiger partial charge in [-0.25, -0.2) is 4.98 Å². The van der Waals surface area contributed by atoms with Gasteiger partial charge in [-0.2, -0.15) is 13.8 Å². The largest absolute Gasteiger partial charge is 0.352 e. The van der Waals surface area contributed by atoms with Crippen LogP contribution in [0.25, 0.3) is 0 Å². The number of amides is 2. The fourth-order valence-corrected chi connectivity index (χ4v) is 3.91. The summed E-state index contributed by atoms with van der Waals surface area (Å²) in [5.74, 6) is -4.79. The fraction of sp³-hybridized carbons (Fsp3) is 0.308. The molecule has 11 heteroatoms. The van der Waals surface area contributed by atoms with E-state index in [9.17, 15) is 18.4 Å². The third-order valence-corrected chi connectivity index (χ3v) is 5.88. The van der Waals surface area contributed by atoms with E-state index in [1.54, 1.807) is 54.6 Å². The first-order valence-corrected chi connectivity index (χ1v) is 11.8. The number of fused-ring (bicyclic) bond motifs is 1. The number of aromatic nitrogens is 2. The Balaban J connectivity index is 1.55. The van der Waals surface area contributed by atoms with Crippen molar-refractivity contribution >= 4 is 40.6 Å². The van der Waals surface area contributed by atoms with Crippen molar-refractivity contribution in [2.24, 2.45) is 0 Å². The van der Waals surface area contributed by atoms with E-state index in [0.717, 1.165) is 17.9 Å². The summed E-state index contributed by atoms with van der Waals surface area (Å²) in [7, 11) is 5.24. The van der Waals surface area contributed by atoms with Crippen molar-refractivity contribution < 1.29 is 18.4 Å². The molecule has 1 aliphatic heterocycles. The molecule has 0 atom stereocenters. The minimum Gasteiger partial charge on any atom is -0.352 e. The molecule has 2 N–H and O–H groups in total. The van der Waals surface area contributed by atoms with Crippen molar-refractivity contribution in [1.29, 1.82) is 0 Å². The van der Waals surface area contributed by atoms with Crippen LogP contribution in [0.2, 0.25) is 0 Å². The Hall–Kier alpha value is -4.12. The minimum absolute atomic E-state index is 0.159. The molecule has 0 fully saturated rings. The second-order valence-electron chi connectivity index (χ2n) is 9.01. The summed E-state index contributed by atoms with van der Waals surface area (Å²) >= 11 is 0. The van der Waals surface area contributed by atoms with Crippen LogP contribution in [0.3, 0.4) is 0 Å². The normalized spacial score (nSPS) is 14.8. The zero-order chi connectivity index (χ0) is 26.6. The van der Waals surface area contributed by atoms with Crippen molar-refractivity contribution in [2.45, 2.75) is 12.3 Å². The van der Waals surface area contributed by atoms with Crippen molar-refractivity contribution in [3.8, 4) is 0 Å². The van der Waals surface area contributed by atoms with Crippen LogP contribution >= 0.6 is 0 Å². The number of hydrogen-bond donors (Lipinski definition) is 2. The van der Waals surface area contributed by atoms with Gasteiger partial charge in [0.2, 0.25) is 5.95 Å². The van der Waals surface area contributed by atoms with Crippen molar-refractivity contribution in [2.75, 3.05) is 55.9 Å². The number of benzene rings is 2. The summed E-state index contributed by atoms with van der Waals surface area (Å²) in [5, 5.41) is 5.94. The topological polar surface area (TPSA) is 93.7 Å². The first-order valence-electron chi connectivity index (χ1n) is 11.8. The number of carbonyl (C=O) groups excluding carboxylic acids is 2. The van der Waals surface area contributed by atoms with E-state index in [1.807, 2.05) is 14.1 Å². The lowest BCUT2D eigenvalue weighted by Crippen LogP contribution is -2.45. The molecule has 194 valence electrons. The van der Waals surface area contributed by atoms with Gasteiger partial charge in [0.15, 0.2) is 5.82 Å². The van der Waals surface area contributed by atoms with Crippen LogP contribution in [0.5, 0.6) is 0 Å². The Labute approximate surface area is 214 Å². The molecule has 0 spiro atoms. The number of halogens is 2. The third-order valence-electron chi connectivity index (χ3n) is 5.88. The molecule has 0 bridgehead atoms. The van der Waals surface area contributed by atoms with Crippen LogP contribution in [0.15, 0.2) is 60.8 Å². The number of anilines is 5. The molecule has 1 aliphatic rings. The van der Waals surface area contributed by atoms with Crippen molar-refractivity contribution in [3.63, 3.8) is 0 Å². The molecule has 0 aliphatic carbocycles. The summed E-state index contributed by atoms with van der Waals surface area (Å²) < 4.78 is 29.5. The highest BCUT2D eigenvalue weighted by Gasteiger charge is 2.47. The summed E-state index contributed by atoms with van der Waals surface area (Å²) in [4.78, 5) is 37.8. The van der Waals surface area contributed by atoms with Gasteiger partial charge >= 0.3 is 5.92 Å². The molecule has 4 rings (SSSR count). The molecule has 1 aromatic heterocycles. The maximum Gasteiger partial charge on any atom is 0.342 e. The number of nitrogens with one attached hydrogen (secondary N) is 2. The zero-order valence-electron chi connectivity index (χ0n) is 20.9. The molecule has 2 amide bonds. The van der Waals surface area contributed by atoms with Crippen molar-refractivity contribution in [3.05, 3.63) is 66.4 Å². The Morgan fingerprint density at radius 2 is 1.81 bits per heavy atom. The highest BCUT2D eigenvalue weighted by Crippen LogP contribution is 2.39. The van der Waals surface area contributed by atoms with Crippen LogP contribution in [-0.4, -0.2) is 73.4 Å². The van der Waals surface area contributed by atoms with Crippen LogP contribution in [0.4, 0.5) is 37.6 Å². The quantitative estimate of drug-likeness (QED) is 0.448. The lowest BCUT2D eigenvalue weighted by atomic mass is 10.2. The van der Waals surface area contributed by atoms with Crippen LogP contribution in [0.1, 0.15) is 16.8 Å².